The van der Waals surface area contributed by atoms with Crippen molar-refractivity contribution >= 4 is 10.9 Å². The highest BCUT2D eigenvalue weighted by molar-refractivity contribution is 5.84. The minimum Gasteiger partial charge on any atom is -0.358 e. The van der Waals surface area contributed by atoms with Crippen LogP contribution in [0.5, 0.6) is 0 Å². The average Bonchev–Trinajstić information content (AvgIpc) is 2.96. The summed E-state index contributed by atoms with van der Waals surface area (Å²) in [6.45, 7) is 8.54. The standard InChI is InChI=1S/C22H28N4/c1-16-17(2)25-22-7-6-18(13-21(16)22)14-24-19-8-11-26(12-9-19)15-20-5-3-4-10-23-20/h3-7,10,13,19,24-25H,8-9,11-12,14-15H2,1-2H3. The zero-order valence-electron chi connectivity index (χ0n) is 15.8. The molecule has 0 unspecified atom stereocenters. The molecule has 136 valence electrons. The van der Waals surface area contributed by atoms with Crippen LogP contribution in [0.1, 0.15) is 35.4 Å². The number of hydrogen-bond acceptors (Lipinski definition) is 3. The van der Waals surface area contributed by atoms with Crippen LogP contribution < -0.4 is 5.32 Å². The largest absolute Gasteiger partial charge is 0.358 e. The van der Waals surface area contributed by atoms with Gasteiger partial charge in [0.15, 0.2) is 0 Å². The molecule has 1 saturated heterocycles. The quantitative estimate of drug-likeness (QED) is 0.734. The van der Waals surface area contributed by atoms with Crippen molar-refractivity contribution in [2.45, 2.75) is 45.8 Å². The molecule has 4 nitrogen and oxygen atoms in total. The second-order valence-corrected chi connectivity index (χ2v) is 7.51. The molecule has 2 aromatic heterocycles. The van der Waals surface area contributed by atoms with Crippen LogP contribution >= 0.6 is 0 Å². The third-order valence-electron chi connectivity index (χ3n) is 5.67. The molecule has 1 aliphatic rings. The van der Waals surface area contributed by atoms with Crippen LogP contribution in [0.2, 0.25) is 0 Å². The maximum atomic E-state index is 4.44. The lowest BCUT2D eigenvalue weighted by atomic mass is 10.0. The predicted molar refractivity (Wildman–Crippen MR) is 107 cm³/mol. The Kier molecular flexibility index (Phi) is 5.05. The van der Waals surface area contributed by atoms with E-state index in [1.807, 2.05) is 12.3 Å². The number of aromatic nitrogens is 2. The number of piperidine rings is 1. The number of fused-ring (bicyclic) bond motifs is 1. The lowest BCUT2D eigenvalue weighted by molar-refractivity contribution is 0.188. The number of benzene rings is 1. The minimum atomic E-state index is 0.611. The summed E-state index contributed by atoms with van der Waals surface area (Å²) < 4.78 is 0. The van der Waals surface area contributed by atoms with Crippen LogP contribution in [0.15, 0.2) is 42.6 Å². The Hall–Kier alpha value is -2.17. The second kappa shape index (κ2) is 7.60. The summed E-state index contributed by atoms with van der Waals surface area (Å²) in [6, 6.07) is 13.6. The average molecular weight is 348 g/mol. The number of H-pyrrole nitrogens is 1. The van der Waals surface area contributed by atoms with Crippen molar-refractivity contribution in [3.05, 3.63) is 65.1 Å². The zero-order chi connectivity index (χ0) is 17.9. The van der Waals surface area contributed by atoms with Gasteiger partial charge < -0.3 is 10.3 Å². The van der Waals surface area contributed by atoms with E-state index < -0.39 is 0 Å². The van der Waals surface area contributed by atoms with Crippen LogP contribution in [0.3, 0.4) is 0 Å². The van der Waals surface area contributed by atoms with Crippen LogP contribution in [0.25, 0.3) is 10.9 Å². The van der Waals surface area contributed by atoms with Gasteiger partial charge in [0.1, 0.15) is 0 Å². The number of aryl methyl sites for hydroxylation is 2. The fourth-order valence-electron chi connectivity index (χ4n) is 3.90. The lowest BCUT2D eigenvalue weighted by Crippen LogP contribution is -2.41. The molecule has 0 aliphatic carbocycles. The first kappa shape index (κ1) is 17.3. The van der Waals surface area contributed by atoms with E-state index in [0.717, 1.165) is 26.2 Å². The molecule has 1 aliphatic heterocycles. The van der Waals surface area contributed by atoms with Gasteiger partial charge in [0.25, 0.3) is 0 Å². The summed E-state index contributed by atoms with van der Waals surface area (Å²) in [4.78, 5) is 10.4. The Labute approximate surface area is 155 Å². The Morgan fingerprint density at radius 3 is 2.77 bits per heavy atom. The minimum absolute atomic E-state index is 0.611. The van der Waals surface area contributed by atoms with Crippen molar-refractivity contribution in [3.63, 3.8) is 0 Å². The van der Waals surface area contributed by atoms with Crippen molar-refractivity contribution in [3.8, 4) is 0 Å². The lowest BCUT2D eigenvalue weighted by Gasteiger charge is -2.32. The molecule has 3 heterocycles. The summed E-state index contributed by atoms with van der Waals surface area (Å²) in [5.41, 5.74) is 6.42. The highest BCUT2D eigenvalue weighted by Gasteiger charge is 2.19. The van der Waals surface area contributed by atoms with Gasteiger partial charge in [0.2, 0.25) is 0 Å². The zero-order valence-corrected chi connectivity index (χ0v) is 15.8. The van der Waals surface area contributed by atoms with Crippen LogP contribution in [0, 0.1) is 13.8 Å². The molecule has 1 aromatic carbocycles. The topological polar surface area (TPSA) is 44.0 Å². The fraction of sp³-hybridized carbons (Fsp3) is 0.409. The van der Waals surface area contributed by atoms with Crippen molar-refractivity contribution in [1.29, 1.82) is 0 Å². The maximum absolute atomic E-state index is 4.44. The maximum Gasteiger partial charge on any atom is 0.0543 e. The highest BCUT2D eigenvalue weighted by atomic mass is 15.1. The molecule has 4 rings (SSSR count). The molecule has 3 aromatic rings. The van der Waals surface area contributed by atoms with E-state index in [9.17, 15) is 0 Å². The van der Waals surface area contributed by atoms with Gasteiger partial charge in [-0.05, 0) is 62.1 Å². The van der Waals surface area contributed by atoms with E-state index >= 15 is 0 Å². The number of likely N-dealkylation sites (tertiary alicyclic amines) is 1. The van der Waals surface area contributed by atoms with Crippen molar-refractivity contribution in [2.75, 3.05) is 13.1 Å². The molecule has 26 heavy (non-hydrogen) atoms. The normalized spacial score (nSPS) is 16.4. The van der Waals surface area contributed by atoms with Gasteiger partial charge in [0.05, 0.1) is 5.69 Å². The van der Waals surface area contributed by atoms with Crippen LogP contribution in [-0.4, -0.2) is 34.0 Å². The van der Waals surface area contributed by atoms with Crippen molar-refractivity contribution in [1.82, 2.24) is 20.2 Å². The molecule has 0 spiro atoms. The first-order valence-corrected chi connectivity index (χ1v) is 9.62. The van der Waals surface area contributed by atoms with Crippen molar-refractivity contribution < 1.29 is 0 Å². The highest BCUT2D eigenvalue weighted by Crippen LogP contribution is 2.22. The summed E-state index contributed by atoms with van der Waals surface area (Å²) in [7, 11) is 0. The molecule has 2 N–H and O–H groups in total. The first-order valence-electron chi connectivity index (χ1n) is 9.62. The fourth-order valence-corrected chi connectivity index (χ4v) is 3.90. The molecule has 0 atom stereocenters. The third-order valence-corrected chi connectivity index (χ3v) is 5.67. The van der Waals surface area contributed by atoms with E-state index in [1.54, 1.807) is 0 Å². The summed E-state index contributed by atoms with van der Waals surface area (Å²) in [6.07, 6.45) is 4.29. The molecule has 4 heteroatoms. The van der Waals surface area contributed by atoms with Crippen molar-refractivity contribution in [2.24, 2.45) is 0 Å². The Morgan fingerprint density at radius 2 is 2.00 bits per heavy atom. The number of pyridine rings is 1. The van der Waals surface area contributed by atoms with Gasteiger partial charge >= 0.3 is 0 Å². The molecular formula is C22H28N4. The van der Waals surface area contributed by atoms with E-state index in [-0.39, 0.29) is 0 Å². The van der Waals surface area contributed by atoms with Gasteiger partial charge in [-0.15, -0.1) is 0 Å². The summed E-state index contributed by atoms with van der Waals surface area (Å²) in [5.74, 6) is 0. The summed E-state index contributed by atoms with van der Waals surface area (Å²) >= 11 is 0. The molecular weight excluding hydrogens is 320 g/mol. The van der Waals surface area contributed by atoms with E-state index in [4.69, 9.17) is 0 Å². The Bertz CT molecular complexity index is 860. The van der Waals surface area contributed by atoms with Gasteiger partial charge in [-0.25, -0.2) is 0 Å². The molecule has 1 fully saturated rings. The summed E-state index contributed by atoms with van der Waals surface area (Å²) in [5, 5.41) is 5.11. The smallest absolute Gasteiger partial charge is 0.0543 e. The van der Waals surface area contributed by atoms with Crippen LogP contribution in [-0.2, 0) is 13.1 Å². The van der Waals surface area contributed by atoms with E-state index in [2.05, 4.69) is 64.4 Å². The number of nitrogens with zero attached hydrogens (tertiary/aromatic N) is 2. The van der Waals surface area contributed by atoms with Gasteiger partial charge in [-0.1, -0.05) is 12.1 Å². The molecule has 0 amide bonds. The molecule has 0 radical (unpaired) electrons. The van der Waals surface area contributed by atoms with E-state index in [0.29, 0.717) is 6.04 Å². The van der Waals surface area contributed by atoms with E-state index in [1.165, 1.54) is 46.3 Å². The van der Waals surface area contributed by atoms with Crippen LogP contribution in [0.4, 0.5) is 0 Å². The third kappa shape index (κ3) is 3.81. The monoisotopic (exact) mass is 348 g/mol. The number of hydrogen-bond donors (Lipinski definition) is 2. The molecule has 0 saturated carbocycles. The van der Waals surface area contributed by atoms with Gasteiger partial charge in [0, 0.05) is 55.0 Å². The SMILES string of the molecule is Cc1[nH]c2ccc(CNC3CCN(Cc4ccccn4)CC3)cc2c1C. The number of aromatic amines is 1. The predicted octanol–water partition coefficient (Wildman–Crippen LogP) is 3.93. The Morgan fingerprint density at radius 1 is 1.15 bits per heavy atom. The second-order valence-electron chi connectivity index (χ2n) is 7.51. The van der Waals surface area contributed by atoms with Gasteiger partial charge in [-0.3, -0.25) is 9.88 Å². The number of rotatable bonds is 5. The van der Waals surface area contributed by atoms with Gasteiger partial charge in [-0.2, -0.15) is 0 Å². The molecule has 0 bridgehead atoms. The Balaban J connectivity index is 1.29. The first-order chi connectivity index (χ1) is 12.7. The number of nitrogens with one attached hydrogen (secondary N) is 2.